The molecule has 0 fully saturated rings. The van der Waals surface area contributed by atoms with Gasteiger partial charge in [0.05, 0.1) is 5.02 Å². The molecular weight excluding hydrogens is 264 g/mol. The van der Waals surface area contributed by atoms with E-state index in [0.29, 0.717) is 10.7 Å². The SMILES string of the molecule is Nc1cccc(Cl)c1SCC(N)c1ccccc1. The van der Waals surface area contributed by atoms with Crippen molar-refractivity contribution in [1.82, 2.24) is 0 Å². The lowest BCUT2D eigenvalue weighted by atomic mass is 10.1. The number of nitrogen functional groups attached to an aromatic ring is 1. The molecule has 94 valence electrons. The smallest absolute Gasteiger partial charge is 0.0562 e. The van der Waals surface area contributed by atoms with E-state index in [1.165, 1.54) is 0 Å². The number of halogens is 1. The van der Waals surface area contributed by atoms with Crippen LogP contribution in [0.5, 0.6) is 0 Å². The molecule has 0 saturated heterocycles. The lowest BCUT2D eigenvalue weighted by molar-refractivity contribution is 0.831. The molecule has 0 aliphatic carbocycles. The van der Waals surface area contributed by atoms with Gasteiger partial charge in [-0.3, -0.25) is 0 Å². The lowest BCUT2D eigenvalue weighted by Gasteiger charge is -2.13. The minimum Gasteiger partial charge on any atom is -0.398 e. The van der Waals surface area contributed by atoms with E-state index in [9.17, 15) is 0 Å². The number of rotatable bonds is 4. The predicted octanol–water partition coefficient (Wildman–Crippen LogP) is 3.71. The van der Waals surface area contributed by atoms with Crippen LogP contribution in [-0.2, 0) is 0 Å². The summed E-state index contributed by atoms with van der Waals surface area (Å²) in [7, 11) is 0. The minimum atomic E-state index is -0.0214. The molecule has 2 aromatic carbocycles. The highest BCUT2D eigenvalue weighted by Gasteiger charge is 2.10. The van der Waals surface area contributed by atoms with Crippen molar-refractivity contribution in [3.63, 3.8) is 0 Å². The van der Waals surface area contributed by atoms with Gasteiger partial charge in [0.15, 0.2) is 0 Å². The molecule has 2 aromatic rings. The minimum absolute atomic E-state index is 0.0214. The Morgan fingerprint density at radius 3 is 2.44 bits per heavy atom. The third kappa shape index (κ3) is 3.19. The van der Waals surface area contributed by atoms with Crippen LogP contribution < -0.4 is 11.5 Å². The molecule has 18 heavy (non-hydrogen) atoms. The number of nitrogens with two attached hydrogens (primary N) is 2. The average Bonchev–Trinajstić information content (AvgIpc) is 2.39. The summed E-state index contributed by atoms with van der Waals surface area (Å²) in [6, 6.07) is 15.5. The van der Waals surface area contributed by atoms with Crippen molar-refractivity contribution in [3.8, 4) is 0 Å². The molecule has 0 aliphatic rings. The maximum Gasteiger partial charge on any atom is 0.0562 e. The fourth-order valence-electron chi connectivity index (χ4n) is 1.65. The van der Waals surface area contributed by atoms with Gasteiger partial charge < -0.3 is 11.5 Å². The first-order chi connectivity index (χ1) is 8.68. The largest absolute Gasteiger partial charge is 0.398 e. The van der Waals surface area contributed by atoms with E-state index < -0.39 is 0 Å². The lowest BCUT2D eigenvalue weighted by Crippen LogP contribution is -2.12. The van der Waals surface area contributed by atoms with Crippen LogP contribution in [0.1, 0.15) is 11.6 Å². The van der Waals surface area contributed by atoms with Crippen LogP contribution in [0.3, 0.4) is 0 Å². The van der Waals surface area contributed by atoms with Gasteiger partial charge in [-0.1, -0.05) is 48.0 Å². The molecule has 1 atom stereocenters. The fourth-order valence-corrected chi connectivity index (χ4v) is 2.97. The molecule has 2 rings (SSSR count). The molecule has 4 N–H and O–H groups in total. The van der Waals surface area contributed by atoms with E-state index in [-0.39, 0.29) is 6.04 Å². The highest BCUT2D eigenvalue weighted by Crippen LogP contribution is 2.34. The van der Waals surface area contributed by atoms with Crippen LogP contribution in [0, 0.1) is 0 Å². The van der Waals surface area contributed by atoms with E-state index >= 15 is 0 Å². The van der Waals surface area contributed by atoms with E-state index in [2.05, 4.69) is 0 Å². The zero-order valence-electron chi connectivity index (χ0n) is 9.84. The van der Waals surface area contributed by atoms with Crippen LogP contribution in [0.2, 0.25) is 5.02 Å². The first-order valence-corrected chi connectivity index (χ1v) is 7.02. The monoisotopic (exact) mass is 278 g/mol. The Morgan fingerprint density at radius 2 is 1.78 bits per heavy atom. The van der Waals surface area contributed by atoms with Gasteiger partial charge in [0, 0.05) is 22.4 Å². The highest BCUT2D eigenvalue weighted by molar-refractivity contribution is 7.99. The van der Waals surface area contributed by atoms with Gasteiger partial charge >= 0.3 is 0 Å². The van der Waals surface area contributed by atoms with Gasteiger partial charge in [-0.05, 0) is 17.7 Å². The van der Waals surface area contributed by atoms with Gasteiger partial charge in [-0.2, -0.15) is 0 Å². The Kier molecular flexibility index (Phi) is 4.53. The summed E-state index contributed by atoms with van der Waals surface area (Å²) >= 11 is 7.71. The van der Waals surface area contributed by atoms with Gasteiger partial charge in [0.1, 0.15) is 0 Å². The first-order valence-electron chi connectivity index (χ1n) is 5.66. The predicted molar refractivity (Wildman–Crippen MR) is 80.0 cm³/mol. The third-order valence-electron chi connectivity index (χ3n) is 2.63. The van der Waals surface area contributed by atoms with Crippen LogP contribution in [0.4, 0.5) is 5.69 Å². The van der Waals surface area contributed by atoms with Crippen molar-refractivity contribution in [2.75, 3.05) is 11.5 Å². The molecule has 0 radical (unpaired) electrons. The van der Waals surface area contributed by atoms with Crippen molar-refractivity contribution >= 4 is 29.1 Å². The molecule has 0 spiro atoms. The van der Waals surface area contributed by atoms with Crippen LogP contribution in [0.15, 0.2) is 53.4 Å². The van der Waals surface area contributed by atoms with Crippen molar-refractivity contribution in [3.05, 3.63) is 59.1 Å². The van der Waals surface area contributed by atoms with Crippen LogP contribution in [0.25, 0.3) is 0 Å². The number of thioether (sulfide) groups is 1. The number of hydrogen-bond acceptors (Lipinski definition) is 3. The van der Waals surface area contributed by atoms with Crippen molar-refractivity contribution in [1.29, 1.82) is 0 Å². The Balaban J connectivity index is 2.04. The quantitative estimate of drug-likeness (QED) is 0.662. The molecule has 0 aliphatic heterocycles. The van der Waals surface area contributed by atoms with E-state index in [4.69, 9.17) is 23.1 Å². The van der Waals surface area contributed by atoms with E-state index in [1.54, 1.807) is 11.8 Å². The molecule has 0 aromatic heterocycles. The summed E-state index contributed by atoms with van der Waals surface area (Å²) in [6.45, 7) is 0. The molecule has 0 bridgehead atoms. The molecule has 0 heterocycles. The molecule has 0 amide bonds. The van der Waals surface area contributed by atoms with Gasteiger partial charge in [-0.25, -0.2) is 0 Å². The first kappa shape index (κ1) is 13.3. The topological polar surface area (TPSA) is 52.0 Å². The average molecular weight is 279 g/mol. The number of benzene rings is 2. The second kappa shape index (κ2) is 6.14. The summed E-state index contributed by atoms with van der Waals surface area (Å²) in [5.74, 6) is 0.748. The van der Waals surface area contributed by atoms with Crippen molar-refractivity contribution in [2.24, 2.45) is 5.73 Å². The van der Waals surface area contributed by atoms with Crippen LogP contribution in [-0.4, -0.2) is 5.75 Å². The Bertz CT molecular complexity index is 496. The summed E-state index contributed by atoms with van der Waals surface area (Å²) in [4.78, 5) is 0.908. The summed E-state index contributed by atoms with van der Waals surface area (Å²) in [5, 5.41) is 0.681. The summed E-state index contributed by atoms with van der Waals surface area (Å²) < 4.78 is 0. The third-order valence-corrected chi connectivity index (χ3v) is 4.33. The van der Waals surface area contributed by atoms with Gasteiger partial charge in [-0.15, -0.1) is 11.8 Å². The fraction of sp³-hybridized carbons (Fsp3) is 0.143. The van der Waals surface area contributed by atoms with E-state index in [0.717, 1.165) is 16.2 Å². The van der Waals surface area contributed by atoms with Crippen molar-refractivity contribution in [2.45, 2.75) is 10.9 Å². The highest BCUT2D eigenvalue weighted by atomic mass is 35.5. The second-order valence-corrected chi connectivity index (χ2v) is 5.42. The van der Waals surface area contributed by atoms with Crippen molar-refractivity contribution < 1.29 is 0 Å². The maximum absolute atomic E-state index is 6.14. The molecule has 2 nitrogen and oxygen atoms in total. The standard InChI is InChI=1S/C14H15ClN2S/c15-11-7-4-8-12(16)14(11)18-9-13(17)10-5-2-1-3-6-10/h1-8,13H,9,16-17H2. The van der Waals surface area contributed by atoms with Gasteiger partial charge in [0.2, 0.25) is 0 Å². The molecule has 4 heteroatoms. The molecule has 0 saturated carbocycles. The summed E-state index contributed by atoms with van der Waals surface area (Å²) in [5.41, 5.74) is 13.9. The number of anilines is 1. The van der Waals surface area contributed by atoms with Crippen LogP contribution >= 0.6 is 23.4 Å². The van der Waals surface area contributed by atoms with E-state index in [1.807, 2.05) is 48.5 Å². The maximum atomic E-state index is 6.14. The Hall–Kier alpha value is -1.16. The zero-order valence-corrected chi connectivity index (χ0v) is 11.4. The second-order valence-electron chi connectivity index (χ2n) is 3.99. The van der Waals surface area contributed by atoms with Gasteiger partial charge in [0.25, 0.3) is 0 Å². The number of hydrogen-bond donors (Lipinski definition) is 2. The zero-order chi connectivity index (χ0) is 13.0. The summed E-state index contributed by atoms with van der Waals surface area (Å²) in [6.07, 6.45) is 0. The Morgan fingerprint density at radius 1 is 1.06 bits per heavy atom. The normalized spacial score (nSPS) is 12.3. The molecule has 1 unspecified atom stereocenters. The Labute approximate surface area is 116 Å². The molecular formula is C14H15ClN2S.